The van der Waals surface area contributed by atoms with E-state index in [1.807, 2.05) is 0 Å². The van der Waals surface area contributed by atoms with Gasteiger partial charge in [0.2, 0.25) is 5.91 Å². The maximum Gasteiger partial charge on any atom is 0.248 e. The number of carbonyl (C=O) groups is 1. The van der Waals surface area contributed by atoms with Gasteiger partial charge in [0, 0.05) is 7.05 Å². The standard InChI is InChI=1S/C6H11NO2/c1-7-6(9)5(8)4-2-3-4/h4-5,8H,2-3H2,1H3,(H,7,9)/t5-/m1/s1. The normalized spacial score (nSPS) is 21.1. The zero-order chi connectivity index (χ0) is 6.85. The molecule has 2 N–H and O–H groups in total. The lowest BCUT2D eigenvalue weighted by Gasteiger charge is -2.04. The summed E-state index contributed by atoms with van der Waals surface area (Å²) in [6, 6.07) is 0. The van der Waals surface area contributed by atoms with Crippen LogP contribution in [0.5, 0.6) is 0 Å². The van der Waals surface area contributed by atoms with Gasteiger partial charge in [-0.3, -0.25) is 4.79 Å². The molecule has 1 fully saturated rings. The molecule has 0 unspecified atom stereocenters. The second-order valence-corrected chi connectivity index (χ2v) is 2.40. The molecule has 1 atom stereocenters. The summed E-state index contributed by atoms with van der Waals surface area (Å²) in [5.74, 6) is -0.0116. The molecule has 0 aliphatic heterocycles. The molecule has 0 saturated heterocycles. The van der Waals surface area contributed by atoms with Gasteiger partial charge >= 0.3 is 0 Å². The number of hydrogen-bond donors (Lipinski definition) is 2. The van der Waals surface area contributed by atoms with Gasteiger partial charge in [-0.1, -0.05) is 0 Å². The maximum absolute atomic E-state index is 10.6. The van der Waals surface area contributed by atoms with E-state index in [0.29, 0.717) is 0 Å². The zero-order valence-electron chi connectivity index (χ0n) is 5.42. The monoisotopic (exact) mass is 129 g/mol. The van der Waals surface area contributed by atoms with Crippen LogP contribution in [0.1, 0.15) is 12.8 Å². The Morgan fingerprint density at radius 1 is 1.78 bits per heavy atom. The number of carbonyl (C=O) groups excluding carboxylic acids is 1. The first-order valence-corrected chi connectivity index (χ1v) is 3.15. The van der Waals surface area contributed by atoms with Crippen molar-refractivity contribution in [1.29, 1.82) is 0 Å². The summed E-state index contributed by atoms with van der Waals surface area (Å²) >= 11 is 0. The third-order valence-corrected chi connectivity index (χ3v) is 1.58. The maximum atomic E-state index is 10.6. The highest BCUT2D eigenvalue weighted by atomic mass is 16.3. The SMILES string of the molecule is CNC(=O)[C@H](O)C1CC1. The van der Waals surface area contributed by atoms with Crippen LogP contribution in [-0.4, -0.2) is 24.2 Å². The predicted octanol–water partition coefficient (Wildman–Crippen LogP) is -0.497. The quantitative estimate of drug-likeness (QED) is 0.528. The minimum Gasteiger partial charge on any atom is -0.383 e. The molecule has 1 saturated carbocycles. The van der Waals surface area contributed by atoms with E-state index in [2.05, 4.69) is 5.32 Å². The molecule has 1 aliphatic rings. The Morgan fingerprint density at radius 2 is 2.33 bits per heavy atom. The van der Waals surface area contributed by atoms with Gasteiger partial charge in [-0.2, -0.15) is 0 Å². The average molecular weight is 129 g/mol. The van der Waals surface area contributed by atoms with Gasteiger partial charge < -0.3 is 10.4 Å². The van der Waals surface area contributed by atoms with Crippen LogP contribution in [0, 0.1) is 5.92 Å². The number of nitrogens with one attached hydrogen (secondary N) is 1. The molecule has 3 nitrogen and oxygen atoms in total. The second-order valence-electron chi connectivity index (χ2n) is 2.40. The molecule has 3 heteroatoms. The summed E-state index contributed by atoms with van der Waals surface area (Å²) in [6.07, 6.45) is 1.23. The molecule has 0 aromatic rings. The Labute approximate surface area is 54.1 Å². The van der Waals surface area contributed by atoms with Crippen molar-refractivity contribution in [3.8, 4) is 0 Å². The van der Waals surface area contributed by atoms with Crippen LogP contribution in [0.4, 0.5) is 0 Å². The van der Waals surface area contributed by atoms with Crippen molar-refractivity contribution < 1.29 is 9.90 Å². The summed E-state index contributed by atoms with van der Waals surface area (Å²) in [5, 5.41) is 11.4. The van der Waals surface area contributed by atoms with E-state index in [4.69, 9.17) is 5.11 Å². The number of aliphatic hydroxyl groups excluding tert-OH is 1. The third-order valence-electron chi connectivity index (χ3n) is 1.58. The fraction of sp³-hybridized carbons (Fsp3) is 0.833. The zero-order valence-corrected chi connectivity index (χ0v) is 5.42. The number of rotatable bonds is 2. The largest absolute Gasteiger partial charge is 0.383 e. The highest BCUT2D eigenvalue weighted by Gasteiger charge is 2.33. The lowest BCUT2D eigenvalue weighted by atomic mass is 10.2. The van der Waals surface area contributed by atoms with Crippen molar-refractivity contribution in [2.24, 2.45) is 5.92 Å². The number of likely N-dealkylation sites (N-methyl/N-ethyl adjacent to an activating group) is 1. The first kappa shape index (κ1) is 6.55. The first-order valence-electron chi connectivity index (χ1n) is 3.15. The van der Waals surface area contributed by atoms with E-state index < -0.39 is 6.10 Å². The van der Waals surface area contributed by atoms with Crippen molar-refractivity contribution in [2.75, 3.05) is 7.05 Å². The summed E-state index contributed by atoms with van der Waals surface area (Å²) < 4.78 is 0. The number of aliphatic hydroxyl groups is 1. The van der Waals surface area contributed by atoms with Gasteiger partial charge in [-0.05, 0) is 18.8 Å². The molecule has 0 aromatic carbocycles. The molecule has 0 spiro atoms. The van der Waals surface area contributed by atoms with Gasteiger partial charge in [0.1, 0.15) is 6.10 Å². The molecule has 9 heavy (non-hydrogen) atoms. The van der Waals surface area contributed by atoms with E-state index in [1.54, 1.807) is 0 Å². The molecule has 1 rings (SSSR count). The lowest BCUT2D eigenvalue weighted by Crippen LogP contribution is -2.33. The minimum absolute atomic E-state index is 0.241. The van der Waals surface area contributed by atoms with Gasteiger partial charge in [0.15, 0.2) is 0 Å². The summed E-state index contributed by atoms with van der Waals surface area (Å²) in [5.41, 5.74) is 0. The van der Waals surface area contributed by atoms with E-state index in [1.165, 1.54) is 7.05 Å². The van der Waals surface area contributed by atoms with Crippen LogP contribution in [0.25, 0.3) is 0 Å². The summed E-state index contributed by atoms with van der Waals surface area (Å²) in [7, 11) is 1.54. The highest BCUT2D eigenvalue weighted by molar-refractivity contribution is 5.80. The molecule has 0 heterocycles. The van der Waals surface area contributed by atoms with E-state index in [-0.39, 0.29) is 11.8 Å². The third kappa shape index (κ3) is 1.42. The van der Waals surface area contributed by atoms with Gasteiger partial charge in [0.05, 0.1) is 0 Å². The molecule has 0 radical (unpaired) electrons. The topological polar surface area (TPSA) is 49.3 Å². The van der Waals surface area contributed by atoms with Crippen LogP contribution in [0.15, 0.2) is 0 Å². The van der Waals surface area contributed by atoms with E-state index in [0.717, 1.165) is 12.8 Å². The lowest BCUT2D eigenvalue weighted by molar-refractivity contribution is -0.129. The Bertz CT molecular complexity index is 120. The fourth-order valence-corrected chi connectivity index (χ4v) is 0.774. The Morgan fingerprint density at radius 3 is 2.67 bits per heavy atom. The van der Waals surface area contributed by atoms with Crippen LogP contribution in [-0.2, 0) is 4.79 Å². The predicted molar refractivity (Wildman–Crippen MR) is 32.8 cm³/mol. The first-order chi connectivity index (χ1) is 4.25. The number of hydrogen-bond acceptors (Lipinski definition) is 2. The molecule has 0 bridgehead atoms. The van der Waals surface area contributed by atoms with E-state index in [9.17, 15) is 4.79 Å². The minimum atomic E-state index is -0.755. The fourth-order valence-electron chi connectivity index (χ4n) is 0.774. The molecular weight excluding hydrogens is 118 g/mol. The van der Waals surface area contributed by atoms with Crippen LogP contribution >= 0.6 is 0 Å². The summed E-state index contributed by atoms with van der Waals surface area (Å²) in [4.78, 5) is 10.6. The van der Waals surface area contributed by atoms with Crippen molar-refractivity contribution in [2.45, 2.75) is 18.9 Å². The van der Waals surface area contributed by atoms with Crippen LogP contribution < -0.4 is 5.32 Å². The summed E-state index contributed by atoms with van der Waals surface area (Å²) in [6.45, 7) is 0. The molecule has 52 valence electrons. The van der Waals surface area contributed by atoms with Crippen molar-refractivity contribution in [1.82, 2.24) is 5.32 Å². The van der Waals surface area contributed by atoms with Crippen LogP contribution in [0.3, 0.4) is 0 Å². The molecule has 1 aliphatic carbocycles. The van der Waals surface area contributed by atoms with E-state index >= 15 is 0 Å². The van der Waals surface area contributed by atoms with Gasteiger partial charge in [-0.25, -0.2) is 0 Å². The molecule has 0 aromatic heterocycles. The van der Waals surface area contributed by atoms with Crippen LogP contribution in [0.2, 0.25) is 0 Å². The average Bonchev–Trinajstić information content (AvgIpc) is 2.66. The molecule has 1 amide bonds. The highest BCUT2D eigenvalue weighted by Crippen LogP contribution is 2.32. The van der Waals surface area contributed by atoms with Crippen molar-refractivity contribution in [3.05, 3.63) is 0 Å². The number of amides is 1. The van der Waals surface area contributed by atoms with Crippen molar-refractivity contribution >= 4 is 5.91 Å². The van der Waals surface area contributed by atoms with Crippen molar-refractivity contribution in [3.63, 3.8) is 0 Å². The Balaban J connectivity index is 2.30. The smallest absolute Gasteiger partial charge is 0.248 e. The molecular formula is C6H11NO2. The van der Waals surface area contributed by atoms with Gasteiger partial charge in [0.25, 0.3) is 0 Å². The Kier molecular flexibility index (Phi) is 1.71. The van der Waals surface area contributed by atoms with Gasteiger partial charge in [-0.15, -0.1) is 0 Å². The second kappa shape index (κ2) is 2.35. The Hall–Kier alpha value is -0.570.